The molecule has 0 aliphatic rings. The number of amides is 2. The lowest BCUT2D eigenvalue weighted by Gasteiger charge is -2.13. The predicted molar refractivity (Wildman–Crippen MR) is 76.7 cm³/mol. The van der Waals surface area contributed by atoms with Gasteiger partial charge >= 0.3 is 12.0 Å². The molecule has 116 valence electrons. The maximum Gasteiger partial charge on any atom is 0.319 e. The first-order chi connectivity index (χ1) is 9.88. The third kappa shape index (κ3) is 6.94. The highest BCUT2D eigenvalue weighted by Gasteiger charge is 2.13. The molecular weight excluding hydrogens is 302 g/mol. The van der Waals surface area contributed by atoms with E-state index in [1.165, 1.54) is 12.1 Å². The molecule has 0 saturated carbocycles. The fourth-order valence-electron chi connectivity index (χ4n) is 1.57. The van der Waals surface area contributed by atoms with E-state index in [-0.39, 0.29) is 29.5 Å². The number of carbonyl (C=O) groups is 2. The molecule has 0 aliphatic carbocycles. The molecule has 0 aromatic heterocycles. The molecule has 5 nitrogen and oxygen atoms in total. The van der Waals surface area contributed by atoms with Crippen LogP contribution < -0.4 is 10.6 Å². The Bertz CT molecular complexity index is 500. The van der Waals surface area contributed by atoms with Crippen LogP contribution >= 0.6 is 11.8 Å². The standard InChI is InChI=1S/C13H16F2N2O3S/c1-8(6-11(18)19)7-16-13(20)17-9-4-2-3-5-10(9)21-12(14)15/h2-5,8,12H,6-7H2,1H3,(H,18,19)(H2,16,17,20). The molecule has 8 heteroatoms. The van der Waals surface area contributed by atoms with Crippen LogP contribution in [-0.2, 0) is 4.79 Å². The number of halogens is 2. The Morgan fingerprint density at radius 2 is 2.00 bits per heavy atom. The number of rotatable bonds is 7. The van der Waals surface area contributed by atoms with E-state index in [9.17, 15) is 18.4 Å². The van der Waals surface area contributed by atoms with Crippen LogP contribution in [0, 0.1) is 5.92 Å². The maximum atomic E-state index is 12.4. The Hall–Kier alpha value is -1.83. The zero-order valence-electron chi connectivity index (χ0n) is 11.3. The molecule has 0 bridgehead atoms. The number of aliphatic carboxylic acids is 1. The maximum absolute atomic E-state index is 12.4. The Morgan fingerprint density at radius 1 is 1.33 bits per heavy atom. The number of carboxylic acid groups (broad SMARTS) is 1. The lowest BCUT2D eigenvalue weighted by Crippen LogP contribution is -2.33. The van der Waals surface area contributed by atoms with Crippen LogP contribution in [0.15, 0.2) is 29.2 Å². The lowest BCUT2D eigenvalue weighted by atomic mass is 10.1. The minimum Gasteiger partial charge on any atom is -0.481 e. The highest BCUT2D eigenvalue weighted by Crippen LogP contribution is 2.31. The minimum atomic E-state index is -2.58. The number of carbonyl (C=O) groups excluding carboxylic acids is 1. The quantitative estimate of drug-likeness (QED) is 0.674. The van der Waals surface area contributed by atoms with Crippen LogP contribution in [0.25, 0.3) is 0 Å². The van der Waals surface area contributed by atoms with Gasteiger partial charge < -0.3 is 15.7 Å². The third-order valence-electron chi connectivity index (χ3n) is 2.49. The molecule has 0 spiro atoms. The zero-order chi connectivity index (χ0) is 15.8. The molecule has 3 N–H and O–H groups in total. The van der Waals surface area contributed by atoms with E-state index in [1.807, 2.05) is 0 Å². The summed E-state index contributed by atoms with van der Waals surface area (Å²) in [5.41, 5.74) is 0.284. The van der Waals surface area contributed by atoms with Gasteiger partial charge in [-0.25, -0.2) is 4.79 Å². The highest BCUT2D eigenvalue weighted by molar-refractivity contribution is 7.99. The molecule has 0 fully saturated rings. The second-order valence-corrected chi connectivity index (χ2v) is 5.44. The molecule has 1 rings (SSSR count). The number of anilines is 1. The van der Waals surface area contributed by atoms with Crippen LogP contribution in [0.1, 0.15) is 13.3 Å². The molecule has 1 aromatic carbocycles. The van der Waals surface area contributed by atoms with Gasteiger partial charge in [0, 0.05) is 17.9 Å². The number of para-hydroxylation sites is 1. The Morgan fingerprint density at radius 3 is 2.62 bits per heavy atom. The van der Waals surface area contributed by atoms with Gasteiger partial charge in [-0.15, -0.1) is 0 Å². The summed E-state index contributed by atoms with van der Waals surface area (Å²) < 4.78 is 24.8. The zero-order valence-corrected chi connectivity index (χ0v) is 12.1. The minimum absolute atomic E-state index is 0.0574. The number of urea groups is 1. The van der Waals surface area contributed by atoms with Crippen molar-refractivity contribution in [2.75, 3.05) is 11.9 Å². The van der Waals surface area contributed by atoms with Crippen molar-refractivity contribution >= 4 is 29.4 Å². The number of benzene rings is 1. The van der Waals surface area contributed by atoms with E-state index in [4.69, 9.17) is 5.11 Å². The summed E-state index contributed by atoms with van der Waals surface area (Å²) in [6.45, 7) is 1.87. The van der Waals surface area contributed by atoms with Gasteiger partial charge in [-0.05, 0) is 18.1 Å². The van der Waals surface area contributed by atoms with Gasteiger partial charge in [0.15, 0.2) is 0 Å². The first-order valence-electron chi connectivity index (χ1n) is 6.19. The molecule has 1 unspecified atom stereocenters. The average Bonchev–Trinajstić information content (AvgIpc) is 2.37. The molecule has 0 saturated heterocycles. The topological polar surface area (TPSA) is 78.4 Å². The van der Waals surface area contributed by atoms with E-state index >= 15 is 0 Å². The Labute approximate surface area is 125 Å². The number of alkyl halides is 2. The fourth-order valence-corrected chi connectivity index (χ4v) is 2.17. The summed E-state index contributed by atoms with van der Waals surface area (Å²) in [5.74, 6) is -3.74. The lowest BCUT2D eigenvalue weighted by molar-refractivity contribution is -0.137. The number of hydrogen-bond acceptors (Lipinski definition) is 3. The van der Waals surface area contributed by atoms with Crippen LogP contribution in [0.2, 0.25) is 0 Å². The van der Waals surface area contributed by atoms with E-state index in [2.05, 4.69) is 10.6 Å². The van der Waals surface area contributed by atoms with E-state index in [1.54, 1.807) is 19.1 Å². The SMILES string of the molecule is CC(CNC(=O)Nc1ccccc1SC(F)F)CC(=O)O. The van der Waals surface area contributed by atoms with Gasteiger partial charge in [-0.2, -0.15) is 8.78 Å². The van der Waals surface area contributed by atoms with Crippen molar-refractivity contribution in [3.05, 3.63) is 24.3 Å². The first-order valence-corrected chi connectivity index (χ1v) is 7.07. The summed E-state index contributed by atoms with van der Waals surface area (Å²) in [6.07, 6.45) is -0.0574. The van der Waals surface area contributed by atoms with Crippen molar-refractivity contribution < 1.29 is 23.5 Å². The molecule has 1 atom stereocenters. The largest absolute Gasteiger partial charge is 0.481 e. The van der Waals surface area contributed by atoms with Crippen molar-refractivity contribution in [3.8, 4) is 0 Å². The van der Waals surface area contributed by atoms with Crippen molar-refractivity contribution in [2.45, 2.75) is 24.0 Å². The number of hydrogen-bond donors (Lipinski definition) is 3. The van der Waals surface area contributed by atoms with Crippen molar-refractivity contribution in [3.63, 3.8) is 0 Å². The van der Waals surface area contributed by atoms with Crippen LogP contribution in [0.4, 0.5) is 19.3 Å². The molecule has 0 radical (unpaired) electrons. The normalized spacial score (nSPS) is 12.0. The van der Waals surface area contributed by atoms with Gasteiger partial charge in [-0.1, -0.05) is 30.8 Å². The van der Waals surface area contributed by atoms with E-state index in [0.717, 1.165) is 0 Å². The summed E-state index contributed by atoms with van der Waals surface area (Å²) in [5, 5.41) is 13.6. The van der Waals surface area contributed by atoms with Crippen LogP contribution in [0.5, 0.6) is 0 Å². The second kappa shape index (κ2) is 8.46. The predicted octanol–water partition coefficient (Wildman–Crippen LogP) is 3.23. The molecule has 21 heavy (non-hydrogen) atoms. The molecule has 0 aliphatic heterocycles. The summed E-state index contributed by atoms with van der Waals surface area (Å²) in [7, 11) is 0. The molecule has 2 amide bonds. The average molecular weight is 318 g/mol. The number of carboxylic acids is 1. The molecule has 1 aromatic rings. The smallest absolute Gasteiger partial charge is 0.319 e. The van der Waals surface area contributed by atoms with Gasteiger partial charge in [0.2, 0.25) is 0 Å². The first kappa shape index (κ1) is 17.2. The fraction of sp³-hybridized carbons (Fsp3) is 0.385. The van der Waals surface area contributed by atoms with E-state index < -0.39 is 17.8 Å². The Kier molecular flexibility index (Phi) is 6.93. The molecular formula is C13H16F2N2O3S. The summed E-state index contributed by atoms with van der Waals surface area (Å²) in [4.78, 5) is 22.4. The second-order valence-electron chi connectivity index (χ2n) is 4.41. The van der Waals surface area contributed by atoms with Crippen molar-refractivity contribution in [2.24, 2.45) is 5.92 Å². The molecule has 0 heterocycles. The van der Waals surface area contributed by atoms with Gasteiger partial charge in [0.25, 0.3) is 5.76 Å². The van der Waals surface area contributed by atoms with Gasteiger partial charge in [0.1, 0.15) is 0 Å². The van der Waals surface area contributed by atoms with E-state index in [0.29, 0.717) is 11.8 Å². The van der Waals surface area contributed by atoms with Crippen LogP contribution in [0.3, 0.4) is 0 Å². The Balaban J connectivity index is 2.53. The van der Waals surface area contributed by atoms with Gasteiger partial charge in [0.05, 0.1) is 5.69 Å². The van der Waals surface area contributed by atoms with Crippen molar-refractivity contribution in [1.82, 2.24) is 5.32 Å². The summed E-state index contributed by atoms with van der Waals surface area (Å²) >= 11 is 0.346. The summed E-state index contributed by atoms with van der Waals surface area (Å²) in [6, 6.07) is 5.67. The van der Waals surface area contributed by atoms with Crippen LogP contribution in [-0.4, -0.2) is 29.4 Å². The monoisotopic (exact) mass is 318 g/mol. The number of thioether (sulfide) groups is 1. The third-order valence-corrected chi connectivity index (χ3v) is 3.27. The number of nitrogens with one attached hydrogen (secondary N) is 2. The van der Waals surface area contributed by atoms with Gasteiger partial charge in [-0.3, -0.25) is 4.79 Å². The van der Waals surface area contributed by atoms with Crippen molar-refractivity contribution in [1.29, 1.82) is 0 Å². The highest BCUT2D eigenvalue weighted by atomic mass is 32.2.